The van der Waals surface area contributed by atoms with Gasteiger partial charge in [0.05, 0.1) is 5.52 Å². The van der Waals surface area contributed by atoms with Crippen molar-refractivity contribution >= 4 is 28.8 Å². The average molecular weight is 297 g/mol. The van der Waals surface area contributed by atoms with Gasteiger partial charge in [-0.05, 0) is 47.6 Å². The molecule has 2 atom stereocenters. The Labute approximate surface area is 136 Å². The van der Waals surface area contributed by atoms with Crippen molar-refractivity contribution in [2.45, 2.75) is 18.8 Å². The number of aromatic nitrogens is 1. The maximum absolute atomic E-state index is 3.94. The van der Waals surface area contributed by atoms with Crippen LogP contribution >= 0.6 is 0 Å². The molecule has 1 fully saturated rings. The van der Waals surface area contributed by atoms with Crippen molar-refractivity contribution < 1.29 is 0 Å². The van der Waals surface area contributed by atoms with E-state index in [9.17, 15) is 0 Å². The molecule has 0 aliphatic heterocycles. The Hall–Kier alpha value is -2.54. The number of benzene rings is 1. The van der Waals surface area contributed by atoms with E-state index in [0.717, 1.165) is 18.3 Å². The minimum Gasteiger partial charge on any atom is -0.313 e. The summed E-state index contributed by atoms with van der Waals surface area (Å²) in [4.78, 5) is 0. The second-order valence-corrected chi connectivity index (χ2v) is 6.66. The molecule has 3 aliphatic carbocycles. The molecule has 1 aromatic carbocycles. The van der Waals surface area contributed by atoms with Crippen molar-refractivity contribution in [3.8, 4) is 0 Å². The van der Waals surface area contributed by atoms with Crippen LogP contribution in [0.15, 0.2) is 61.2 Å². The summed E-state index contributed by atoms with van der Waals surface area (Å²) >= 11 is 0. The smallest absolute Gasteiger partial charge is 0.0540 e. The molecule has 2 aromatic rings. The first-order chi connectivity index (χ1) is 11.4. The maximum Gasteiger partial charge on any atom is 0.0540 e. The van der Waals surface area contributed by atoms with E-state index in [2.05, 4.69) is 71.9 Å². The lowest BCUT2D eigenvalue weighted by atomic mass is 10.00. The summed E-state index contributed by atoms with van der Waals surface area (Å²) in [6.07, 6.45) is 19.8. The highest BCUT2D eigenvalue weighted by Gasteiger charge is 2.42. The third-order valence-corrected chi connectivity index (χ3v) is 5.28. The molecule has 2 unspecified atom stereocenters. The second kappa shape index (κ2) is 4.73. The van der Waals surface area contributed by atoms with Gasteiger partial charge in [-0.3, -0.25) is 0 Å². The molecule has 1 nitrogen and oxygen atoms in total. The fraction of sp³-hybridized carbons (Fsp3) is 0.182. The number of fused-ring (bicyclic) bond motifs is 5. The van der Waals surface area contributed by atoms with Crippen LogP contribution in [0.1, 0.15) is 35.6 Å². The Morgan fingerprint density at radius 3 is 3.04 bits per heavy atom. The predicted octanol–water partition coefficient (Wildman–Crippen LogP) is 5.77. The molecule has 5 rings (SSSR count). The van der Waals surface area contributed by atoms with Crippen LogP contribution in [0.3, 0.4) is 0 Å². The molecule has 1 heteroatoms. The number of rotatable bonds is 2. The first-order valence-electron chi connectivity index (χ1n) is 8.38. The molecular weight excluding hydrogens is 278 g/mol. The largest absolute Gasteiger partial charge is 0.313 e. The van der Waals surface area contributed by atoms with Crippen LogP contribution in [-0.2, 0) is 0 Å². The molecule has 3 aliphatic rings. The van der Waals surface area contributed by atoms with E-state index in [1.807, 2.05) is 6.08 Å². The first-order valence-corrected chi connectivity index (χ1v) is 8.38. The van der Waals surface area contributed by atoms with Crippen molar-refractivity contribution in [1.82, 2.24) is 4.57 Å². The van der Waals surface area contributed by atoms with Crippen LogP contribution in [-0.4, -0.2) is 4.57 Å². The van der Waals surface area contributed by atoms with E-state index in [1.54, 1.807) is 5.56 Å². The summed E-state index contributed by atoms with van der Waals surface area (Å²) in [5.74, 6) is 1.49. The van der Waals surface area contributed by atoms with Crippen LogP contribution in [0, 0.1) is 5.92 Å². The van der Waals surface area contributed by atoms with Crippen LogP contribution in [0.4, 0.5) is 0 Å². The number of hydrogen-bond donors (Lipinski definition) is 0. The lowest BCUT2D eigenvalue weighted by Crippen LogP contribution is -2.01. The van der Waals surface area contributed by atoms with Crippen molar-refractivity contribution in [2.75, 3.05) is 0 Å². The predicted molar refractivity (Wildman–Crippen MR) is 99.1 cm³/mol. The lowest BCUT2D eigenvalue weighted by Gasteiger charge is -2.14. The Morgan fingerprint density at radius 1 is 1.17 bits per heavy atom. The third kappa shape index (κ3) is 1.86. The van der Waals surface area contributed by atoms with Gasteiger partial charge >= 0.3 is 0 Å². The van der Waals surface area contributed by atoms with E-state index in [1.165, 1.54) is 34.3 Å². The van der Waals surface area contributed by atoms with Gasteiger partial charge in [0, 0.05) is 23.2 Å². The fourth-order valence-corrected chi connectivity index (χ4v) is 4.05. The standard InChI is InChI=1S/C22H19N/c1-2-15-9-11-18-21(13-15)23(17-7-5-3-4-6-8-17)20-12-10-16-14-19(16)22(18)20/h2-7,9-13,16,19H,1,8,14H2. The first kappa shape index (κ1) is 13.0. The Balaban J connectivity index is 1.85. The van der Waals surface area contributed by atoms with Gasteiger partial charge in [0.25, 0.3) is 0 Å². The van der Waals surface area contributed by atoms with E-state index >= 15 is 0 Å². The van der Waals surface area contributed by atoms with Gasteiger partial charge < -0.3 is 4.57 Å². The molecule has 1 aromatic heterocycles. The summed E-state index contributed by atoms with van der Waals surface area (Å²) in [5, 5.41) is 1.42. The van der Waals surface area contributed by atoms with Gasteiger partial charge in [-0.15, -0.1) is 0 Å². The maximum atomic E-state index is 3.94. The topological polar surface area (TPSA) is 4.93 Å². The SMILES string of the molecule is C=Cc1ccc2c3c(n(C4=CC=CC=CC4)c2c1)C=CC1CC31. The molecular formula is C22H19N. The summed E-state index contributed by atoms with van der Waals surface area (Å²) in [6, 6.07) is 6.77. The minimum atomic E-state index is 0.728. The molecule has 23 heavy (non-hydrogen) atoms. The zero-order valence-corrected chi connectivity index (χ0v) is 13.1. The average Bonchev–Trinajstić information content (AvgIpc) is 3.35. The van der Waals surface area contributed by atoms with Gasteiger partial charge in [0.1, 0.15) is 0 Å². The van der Waals surface area contributed by atoms with Crippen LogP contribution in [0.2, 0.25) is 0 Å². The van der Waals surface area contributed by atoms with E-state index in [4.69, 9.17) is 0 Å². The summed E-state index contributed by atoms with van der Waals surface area (Å²) < 4.78 is 2.46. The van der Waals surface area contributed by atoms with Crippen molar-refractivity contribution in [3.05, 3.63) is 78.1 Å². The van der Waals surface area contributed by atoms with Crippen LogP contribution < -0.4 is 0 Å². The quantitative estimate of drug-likeness (QED) is 0.663. The highest BCUT2D eigenvalue weighted by Crippen LogP contribution is 2.56. The zero-order chi connectivity index (χ0) is 15.4. The van der Waals surface area contributed by atoms with E-state index < -0.39 is 0 Å². The van der Waals surface area contributed by atoms with Crippen LogP contribution in [0.25, 0.3) is 28.8 Å². The molecule has 0 saturated heterocycles. The Bertz CT molecular complexity index is 946. The number of hydrogen-bond acceptors (Lipinski definition) is 0. The second-order valence-electron chi connectivity index (χ2n) is 6.66. The summed E-state index contributed by atoms with van der Waals surface area (Å²) in [6.45, 7) is 3.94. The van der Waals surface area contributed by atoms with Crippen molar-refractivity contribution in [3.63, 3.8) is 0 Å². The van der Waals surface area contributed by atoms with Gasteiger partial charge in [-0.1, -0.05) is 55.2 Å². The molecule has 0 radical (unpaired) electrons. The van der Waals surface area contributed by atoms with Crippen molar-refractivity contribution in [1.29, 1.82) is 0 Å². The number of allylic oxidation sites excluding steroid dienone is 7. The van der Waals surface area contributed by atoms with Crippen molar-refractivity contribution in [2.24, 2.45) is 5.92 Å². The molecule has 1 heterocycles. The van der Waals surface area contributed by atoms with Gasteiger partial charge in [0.15, 0.2) is 0 Å². The molecule has 112 valence electrons. The fourth-order valence-electron chi connectivity index (χ4n) is 4.05. The van der Waals surface area contributed by atoms with E-state index in [-0.39, 0.29) is 0 Å². The highest BCUT2D eigenvalue weighted by molar-refractivity contribution is 5.94. The Morgan fingerprint density at radius 2 is 2.13 bits per heavy atom. The van der Waals surface area contributed by atoms with Gasteiger partial charge in [-0.25, -0.2) is 0 Å². The monoisotopic (exact) mass is 297 g/mol. The Kier molecular flexibility index (Phi) is 2.66. The van der Waals surface area contributed by atoms with Gasteiger partial charge in [-0.2, -0.15) is 0 Å². The molecule has 0 amide bonds. The van der Waals surface area contributed by atoms with Crippen LogP contribution in [0.5, 0.6) is 0 Å². The molecule has 1 saturated carbocycles. The van der Waals surface area contributed by atoms with E-state index in [0.29, 0.717) is 0 Å². The highest BCUT2D eigenvalue weighted by atomic mass is 15.0. The third-order valence-electron chi connectivity index (χ3n) is 5.28. The summed E-state index contributed by atoms with van der Waals surface area (Å²) in [7, 11) is 0. The number of nitrogens with zero attached hydrogens (tertiary/aromatic N) is 1. The normalized spacial score (nSPS) is 24.1. The summed E-state index contributed by atoms with van der Waals surface area (Å²) in [5.41, 5.74) is 6.78. The minimum absolute atomic E-state index is 0.728. The lowest BCUT2D eigenvalue weighted by molar-refractivity contribution is 0.974. The molecule has 0 spiro atoms. The zero-order valence-electron chi connectivity index (χ0n) is 13.1. The molecule has 0 bridgehead atoms. The van der Waals surface area contributed by atoms with Gasteiger partial charge in [0.2, 0.25) is 0 Å². The molecule has 0 N–H and O–H groups in total.